The molecule has 0 bridgehead atoms. The van der Waals surface area contributed by atoms with Gasteiger partial charge in [-0.1, -0.05) is 26.8 Å². The molecule has 0 aliphatic heterocycles. The molecule has 15 heavy (non-hydrogen) atoms. The topological polar surface area (TPSA) is 74.2 Å². The Kier molecular flexibility index (Phi) is 14.0. The van der Waals surface area contributed by atoms with Gasteiger partial charge in [0.25, 0.3) is 0 Å². The number of hydrogen-bond acceptors (Lipinski definition) is 4. The predicted molar refractivity (Wildman–Crippen MR) is 65.2 cm³/mol. The van der Waals surface area contributed by atoms with Crippen molar-refractivity contribution >= 4 is 5.82 Å². The summed E-state index contributed by atoms with van der Waals surface area (Å²) in [5.41, 5.74) is 6.45. The molecule has 0 aromatic carbocycles. The van der Waals surface area contributed by atoms with Crippen molar-refractivity contribution in [3.8, 4) is 0 Å². The first kappa shape index (κ1) is 16.3. The summed E-state index contributed by atoms with van der Waals surface area (Å²) >= 11 is 0. The summed E-state index contributed by atoms with van der Waals surface area (Å²) in [5, 5.41) is 0. The average molecular weight is 213 g/mol. The Balaban J connectivity index is 0. The Morgan fingerprint density at radius 1 is 1.33 bits per heavy atom. The maximum absolute atomic E-state index is 5.32. The second-order valence-electron chi connectivity index (χ2n) is 2.63. The van der Waals surface area contributed by atoms with Crippen LogP contribution in [0, 0.1) is 6.92 Å². The maximum atomic E-state index is 5.32. The highest BCUT2D eigenvalue weighted by Gasteiger charge is 1.81. The van der Waals surface area contributed by atoms with Gasteiger partial charge < -0.3 is 10.6 Å². The molecule has 0 spiro atoms. The van der Waals surface area contributed by atoms with Gasteiger partial charge in [-0.15, -0.1) is 0 Å². The summed E-state index contributed by atoms with van der Waals surface area (Å²) in [5.74, 6) is 5.22. The van der Waals surface area contributed by atoms with Crippen LogP contribution in [-0.4, -0.2) is 11.6 Å². The number of nitrogens with zero attached hydrogens (tertiary/aromatic N) is 1. The van der Waals surface area contributed by atoms with E-state index in [-0.39, 0.29) is 0 Å². The molecule has 1 aromatic heterocycles. The van der Waals surface area contributed by atoms with Crippen molar-refractivity contribution in [2.75, 3.05) is 12.3 Å². The molecule has 88 valence electrons. The Morgan fingerprint density at radius 2 is 1.93 bits per heavy atom. The second-order valence-corrected chi connectivity index (χ2v) is 2.63. The van der Waals surface area contributed by atoms with Crippen LogP contribution in [0.3, 0.4) is 0 Å². The maximum Gasteiger partial charge on any atom is 0.123 e. The lowest BCUT2D eigenvalue weighted by atomic mass is 10.3. The standard InChI is InChI=1S/C6H8N2.C3H9NO.C2H6/c1-5-2-3-6(7)8-4-5;1-2-3-5-4;1-2/h2-4H,1H3,(H2,7,8);2-4H2,1H3;1-2H3. The summed E-state index contributed by atoms with van der Waals surface area (Å²) in [4.78, 5) is 8.05. The van der Waals surface area contributed by atoms with Gasteiger partial charge in [0.15, 0.2) is 0 Å². The van der Waals surface area contributed by atoms with E-state index in [2.05, 4.69) is 15.7 Å². The number of hydrogen-bond donors (Lipinski definition) is 2. The third-order valence-electron chi connectivity index (χ3n) is 1.26. The quantitative estimate of drug-likeness (QED) is 0.739. The molecule has 1 rings (SSSR count). The third kappa shape index (κ3) is 12.9. The number of anilines is 1. The molecule has 4 heteroatoms. The van der Waals surface area contributed by atoms with E-state index in [0.29, 0.717) is 12.4 Å². The number of nitrogen functional groups attached to an aromatic ring is 1. The van der Waals surface area contributed by atoms with Gasteiger partial charge in [-0.05, 0) is 25.0 Å². The van der Waals surface area contributed by atoms with E-state index in [1.54, 1.807) is 12.3 Å². The number of nitrogens with two attached hydrogens (primary N) is 2. The molecule has 0 aliphatic carbocycles. The van der Waals surface area contributed by atoms with Crippen molar-refractivity contribution < 1.29 is 4.84 Å². The summed E-state index contributed by atoms with van der Waals surface area (Å²) < 4.78 is 0. The van der Waals surface area contributed by atoms with Crippen molar-refractivity contribution in [1.82, 2.24) is 4.98 Å². The first-order valence-corrected chi connectivity index (χ1v) is 5.20. The lowest BCUT2D eigenvalue weighted by Crippen LogP contribution is -1.97. The van der Waals surface area contributed by atoms with Crippen molar-refractivity contribution in [2.24, 2.45) is 5.90 Å². The van der Waals surface area contributed by atoms with Crippen molar-refractivity contribution in [3.63, 3.8) is 0 Å². The zero-order valence-electron chi connectivity index (χ0n) is 10.2. The van der Waals surface area contributed by atoms with Gasteiger partial charge in [0.2, 0.25) is 0 Å². The average Bonchev–Trinajstić information content (AvgIpc) is 2.27. The van der Waals surface area contributed by atoms with Gasteiger partial charge in [0, 0.05) is 6.20 Å². The van der Waals surface area contributed by atoms with E-state index in [9.17, 15) is 0 Å². The van der Waals surface area contributed by atoms with Gasteiger partial charge in [0.1, 0.15) is 5.82 Å². The molecule has 1 aromatic rings. The molecule has 0 amide bonds. The summed E-state index contributed by atoms with van der Waals surface area (Å²) in [6.07, 6.45) is 2.74. The third-order valence-corrected chi connectivity index (χ3v) is 1.26. The minimum atomic E-state index is 0.579. The fourth-order valence-electron chi connectivity index (χ4n) is 0.597. The van der Waals surface area contributed by atoms with Crippen LogP contribution in [0.4, 0.5) is 5.82 Å². The Labute approximate surface area is 92.6 Å². The smallest absolute Gasteiger partial charge is 0.123 e. The highest BCUT2D eigenvalue weighted by molar-refractivity contribution is 5.28. The number of pyridine rings is 1. The minimum Gasteiger partial charge on any atom is -0.384 e. The van der Waals surface area contributed by atoms with Crippen LogP contribution in [0.1, 0.15) is 32.8 Å². The first-order valence-electron chi connectivity index (χ1n) is 5.20. The fraction of sp³-hybridized carbons (Fsp3) is 0.545. The van der Waals surface area contributed by atoms with Crippen LogP contribution in [0.25, 0.3) is 0 Å². The SMILES string of the molecule is CC.CCCON.Cc1ccc(N)nc1. The molecule has 0 saturated carbocycles. The largest absolute Gasteiger partial charge is 0.384 e. The van der Waals surface area contributed by atoms with E-state index in [0.717, 1.165) is 12.0 Å². The molecule has 0 fully saturated rings. The zero-order valence-corrected chi connectivity index (χ0v) is 10.2. The molecule has 1 heterocycles. The molecule has 0 saturated heterocycles. The van der Waals surface area contributed by atoms with Gasteiger partial charge in [-0.2, -0.15) is 0 Å². The van der Waals surface area contributed by atoms with E-state index in [1.807, 2.05) is 33.8 Å². The first-order chi connectivity index (χ1) is 7.20. The number of aromatic nitrogens is 1. The van der Waals surface area contributed by atoms with Crippen LogP contribution < -0.4 is 11.6 Å². The lowest BCUT2D eigenvalue weighted by molar-refractivity contribution is 0.138. The number of aryl methyl sites for hydroxylation is 1. The van der Waals surface area contributed by atoms with Crippen molar-refractivity contribution in [2.45, 2.75) is 34.1 Å². The predicted octanol–water partition coefficient (Wildman–Crippen LogP) is 2.29. The van der Waals surface area contributed by atoms with E-state index < -0.39 is 0 Å². The van der Waals surface area contributed by atoms with Crippen LogP contribution in [0.15, 0.2) is 18.3 Å². The molecule has 0 atom stereocenters. The van der Waals surface area contributed by atoms with Crippen LogP contribution >= 0.6 is 0 Å². The molecular formula is C11H23N3O. The minimum absolute atomic E-state index is 0.579. The molecule has 0 aliphatic rings. The Hall–Kier alpha value is -1.13. The van der Waals surface area contributed by atoms with E-state index >= 15 is 0 Å². The summed E-state index contributed by atoms with van der Waals surface area (Å²) in [7, 11) is 0. The highest BCUT2D eigenvalue weighted by atomic mass is 16.6. The molecule has 0 unspecified atom stereocenters. The Bertz CT molecular complexity index is 189. The normalized spacial score (nSPS) is 8.07. The van der Waals surface area contributed by atoms with E-state index in [4.69, 9.17) is 5.73 Å². The summed E-state index contributed by atoms with van der Waals surface area (Å²) in [6.45, 7) is 8.65. The molecule has 0 radical (unpaired) electrons. The zero-order chi connectivity index (χ0) is 12.1. The van der Waals surface area contributed by atoms with E-state index in [1.165, 1.54) is 0 Å². The van der Waals surface area contributed by atoms with Gasteiger partial charge in [0.05, 0.1) is 6.61 Å². The monoisotopic (exact) mass is 213 g/mol. The van der Waals surface area contributed by atoms with Gasteiger partial charge in [-0.3, -0.25) is 0 Å². The second kappa shape index (κ2) is 12.9. The fourth-order valence-corrected chi connectivity index (χ4v) is 0.597. The van der Waals surface area contributed by atoms with Crippen LogP contribution in [-0.2, 0) is 4.84 Å². The van der Waals surface area contributed by atoms with Crippen molar-refractivity contribution in [3.05, 3.63) is 23.9 Å². The van der Waals surface area contributed by atoms with Crippen LogP contribution in [0.2, 0.25) is 0 Å². The summed E-state index contributed by atoms with van der Waals surface area (Å²) in [6, 6.07) is 3.72. The van der Waals surface area contributed by atoms with Gasteiger partial charge >= 0.3 is 0 Å². The van der Waals surface area contributed by atoms with Crippen LogP contribution in [0.5, 0.6) is 0 Å². The lowest BCUT2D eigenvalue weighted by Gasteiger charge is -1.89. The molecular weight excluding hydrogens is 190 g/mol. The van der Waals surface area contributed by atoms with Gasteiger partial charge in [-0.25, -0.2) is 10.9 Å². The van der Waals surface area contributed by atoms with Crippen molar-refractivity contribution in [1.29, 1.82) is 0 Å². The highest BCUT2D eigenvalue weighted by Crippen LogP contribution is 1.97. The molecule has 4 N–H and O–H groups in total. The number of rotatable bonds is 2. The molecule has 4 nitrogen and oxygen atoms in total. The Morgan fingerprint density at radius 3 is 2.13 bits per heavy atom.